The lowest BCUT2D eigenvalue weighted by atomic mass is 10.2. The summed E-state index contributed by atoms with van der Waals surface area (Å²) in [5, 5.41) is 3.25. The quantitative estimate of drug-likeness (QED) is 0.786. The molecule has 1 amide bonds. The minimum atomic E-state index is -0.653. The van der Waals surface area contributed by atoms with Crippen LogP contribution in [0.4, 0.5) is 5.69 Å². The molecular formula is C14H18ClNO4. The maximum Gasteiger partial charge on any atom is 0.256 e. The molecular weight excluding hydrogens is 282 g/mol. The molecule has 0 saturated heterocycles. The van der Waals surface area contributed by atoms with Crippen molar-refractivity contribution in [3.8, 4) is 5.75 Å². The number of anilines is 1. The SMILES string of the molecule is COCCOc1ccc(NC(=O)C2(OC)CC2)cc1Cl. The van der Waals surface area contributed by atoms with Gasteiger partial charge in [0.2, 0.25) is 0 Å². The van der Waals surface area contributed by atoms with E-state index in [0.29, 0.717) is 29.7 Å². The van der Waals surface area contributed by atoms with Crippen LogP contribution in [0.2, 0.25) is 5.02 Å². The second-order valence-electron chi connectivity index (χ2n) is 4.64. The monoisotopic (exact) mass is 299 g/mol. The van der Waals surface area contributed by atoms with Crippen LogP contribution < -0.4 is 10.1 Å². The third-order valence-electron chi connectivity index (χ3n) is 3.24. The molecule has 110 valence electrons. The van der Waals surface area contributed by atoms with Crippen molar-refractivity contribution in [2.75, 3.05) is 32.8 Å². The molecule has 5 nitrogen and oxygen atoms in total. The van der Waals surface area contributed by atoms with Gasteiger partial charge in [0.25, 0.3) is 5.91 Å². The molecule has 1 aliphatic carbocycles. The van der Waals surface area contributed by atoms with Gasteiger partial charge in [-0.1, -0.05) is 11.6 Å². The predicted molar refractivity (Wildman–Crippen MR) is 76.4 cm³/mol. The summed E-state index contributed by atoms with van der Waals surface area (Å²) in [5.74, 6) is 0.429. The lowest BCUT2D eigenvalue weighted by Gasteiger charge is -2.14. The van der Waals surface area contributed by atoms with Gasteiger partial charge in [-0.3, -0.25) is 4.79 Å². The molecule has 0 radical (unpaired) electrons. The second kappa shape index (κ2) is 6.43. The normalized spacial score (nSPS) is 15.8. The number of ether oxygens (including phenoxy) is 3. The summed E-state index contributed by atoms with van der Waals surface area (Å²) in [6.45, 7) is 0.917. The van der Waals surface area contributed by atoms with E-state index in [0.717, 1.165) is 12.8 Å². The Balaban J connectivity index is 1.96. The van der Waals surface area contributed by atoms with E-state index in [2.05, 4.69) is 5.32 Å². The van der Waals surface area contributed by atoms with Crippen molar-refractivity contribution in [2.45, 2.75) is 18.4 Å². The number of methoxy groups -OCH3 is 2. The third kappa shape index (κ3) is 3.42. The highest BCUT2D eigenvalue weighted by atomic mass is 35.5. The average Bonchev–Trinajstić information content (AvgIpc) is 3.22. The van der Waals surface area contributed by atoms with E-state index >= 15 is 0 Å². The Labute approximate surface area is 123 Å². The first-order valence-corrected chi connectivity index (χ1v) is 6.77. The van der Waals surface area contributed by atoms with Gasteiger partial charge in [0.15, 0.2) is 0 Å². The largest absolute Gasteiger partial charge is 0.490 e. The van der Waals surface area contributed by atoms with Gasteiger partial charge in [-0.15, -0.1) is 0 Å². The first kappa shape index (κ1) is 15.1. The van der Waals surface area contributed by atoms with Crippen LogP contribution in [0.15, 0.2) is 18.2 Å². The highest BCUT2D eigenvalue weighted by molar-refractivity contribution is 6.32. The van der Waals surface area contributed by atoms with E-state index in [9.17, 15) is 4.79 Å². The molecule has 0 unspecified atom stereocenters. The van der Waals surface area contributed by atoms with Gasteiger partial charge in [-0.2, -0.15) is 0 Å². The van der Waals surface area contributed by atoms with Gasteiger partial charge in [0, 0.05) is 19.9 Å². The van der Waals surface area contributed by atoms with Crippen LogP contribution in [-0.4, -0.2) is 38.9 Å². The Bertz CT molecular complexity index is 488. The molecule has 1 aromatic rings. The van der Waals surface area contributed by atoms with Crippen LogP contribution in [0, 0.1) is 0 Å². The Kier molecular flexibility index (Phi) is 4.86. The van der Waals surface area contributed by atoms with Crippen molar-refractivity contribution < 1.29 is 19.0 Å². The summed E-state index contributed by atoms with van der Waals surface area (Å²) < 4.78 is 15.6. The lowest BCUT2D eigenvalue weighted by Crippen LogP contribution is -2.31. The summed E-state index contributed by atoms with van der Waals surface area (Å²) in [6.07, 6.45) is 1.50. The number of hydrogen-bond acceptors (Lipinski definition) is 4. The van der Waals surface area contributed by atoms with E-state index in [4.69, 9.17) is 25.8 Å². The molecule has 0 spiro atoms. The molecule has 2 rings (SSSR count). The highest BCUT2D eigenvalue weighted by Gasteiger charge is 2.50. The van der Waals surface area contributed by atoms with Crippen LogP contribution in [0.25, 0.3) is 0 Å². The number of carbonyl (C=O) groups excluding carboxylic acids is 1. The second-order valence-corrected chi connectivity index (χ2v) is 5.05. The number of amides is 1. The minimum Gasteiger partial charge on any atom is -0.490 e. The molecule has 20 heavy (non-hydrogen) atoms. The van der Waals surface area contributed by atoms with Crippen molar-refractivity contribution in [1.82, 2.24) is 0 Å². The number of hydrogen-bond donors (Lipinski definition) is 1. The Morgan fingerprint density at radius 2 is 2.10 bits per heavy atom. The number of halogens is 1. The highest BCUT2D eigenvalue weighted by Crippen LogP contribution is 2.40. The molecule has 1 aliphatic rings. The van der Waals surface area contributed by atoms with Crippen molar-refractivity contribution in [3.05, 3.63) is 23.2 Å². The van der Waals surface area contributed by atoms with Crippen LogP contribution in [0.3, 0.4) is 0 Å². The molecule has 1 aromatic carbocycles. The van der Waals surface area contributed by atoms with Crippen LogP contribution in [0.1, 0.15) is 12.8 Å². The minimum absolute atomic E-state index is 0.135. The summed E-state index contributed by atoms with van der Waals surface area (Å²) in [6, 6.07) is 5.13. The number of rotatable bonds is 7. The Morgan fingerprint density at radius 3 is 2.65 bits per heavy atom. The van der Waals surface area contributed by atoms with Gasteiger partial charge in [-0.25, -0.2) is 0 Å². The molecule has 1 N–H and O–H groups in total. The van der Waals surface area contributed by atoms with Crippen molar-refractivity contribution in [1.29, 1.82) is 0 Å². The first-order chi connectivity index (χ1) is 9.61. The van der Waals surface area contributed by atoms with Gasteiger partial charge in [-0.05, 0) is 31.0 Å². The van der Waals surface area contributed by atoms with Gasteiger partial charge in [0.1, 0.15) is 18.0 Å². The van der Waals surface area contributed by atoms with Crippen molar-refractivity contribution in [3.63, 3.8) is 0 Å². The summed E-state index contributed by atoms with van der Waals surface area (Å²) >= 11 is 6.11. The lowest BCUT2D eigenvalue weighted by molar-refractivity contribution is -0.128. The number of carbonyl (C=O) groups is 1. The number of nitrogens with one attached hydrogen (secondary N) is 1. The van der Waals surface area contributed by atoms with E-state index in [1.54, 1.807) is 32.4 Å². The Morgan fingerprint density at radius 1 is 1.35 bits per heavy atom. The van der Waals surface area contributed by atoms with Crippen molar-refractivity contribution >= 4 is 23.2 Å². The summed E-state index contributed by atoms with van der Waals surface area (Å²) in [5.41, 5.74) is -0.0254. The smallest absolute Gasteiger partial charge is 0.256 e. The molecule has 1 saturated carbocycles. The first-order valence-electron chi connectivity index (χ1n) is 6.39. The molecule has 1 fully saturated rings. The third-order valence-corrected chi connectivity index (χ3v) is 3.54. The molecule has 0 aliphatic heterocycles. The zero-order valence-electron chi connectivity index (χ0n) is 11.6. The van der Waals surface area contributed by atoms with Crippen LogP contribution in [-0.2, 0) is 14.3 Å². The van der Waals surface area contributed by atoms with E-state index in [1.165, 1.54) is 0 Å². The molecule has 6 heteroatoms. The fraction of sp³-hybridized carbons (Fsp3) is 0.500. The zero-order valence-corrected chi connectivity index (χ0v) is 12.3. The topological polar surface area (TPSA) is 56.8 Å². The summed E-state index contributed by atoms with van der Waals surface area (Å²) in [4.78, 5) is 12.0. The molecule has 0 bridgehead atoms. The van der Waals surface area contributed by atoms with Crippen LogP contribution in [0.5, 0.6) is 5.75 Å². The van der Waals surface area contributed by atoms with Gasteiger partial charge in [0.05, 0.1) is 11.6 Å². The fourth-order valence-corrected chi connectivity index (χ4v) is 2.05. The van der Waals surface area contributed by atoms with Crippen LogP contribution >= 0.6 is 11.6 Å². The predicted octanol–water partition coefficient (Wildman–Crippen LogP) is 2.48. The van der Waals surface area contributed by atoms with E-state index < -0.39 is 5.60 Å². The Hall–Kier alpha value is -1.30. The standard InChI is InChI=1S/C14H18ClNO4/c1-18-7-8-20-12-4-3-10(9-11(12)15)16-13(17)14(19-2)5-6-14/h3-4,9H,5-8H2,1-2H3,(H,16,17). The molecule has 0 heterocycles. The molecule has 0 aromatic heterocycles. The average molecular weight is 300 g/mol. The summed E-state index contributed by atoms with van der Waals surface area (Å²) in [7, 11) is 3.15. The van der Waals surface area contributed by atoms with Gasteiger partial charge >= 0.3 is 0 Å². The maximum atomic E-state index is 12.0. The maximum absolute atomic E-state index is 12.0. The fourth-order valence-electron chi connectivity index (χ4n) is 1.81. The van der Waals surface area contributed by atoms with Gasteiger partial charge < -0.3 is 19.5 Å². The van der Waals surface area contributed by atoms with E-state index in [-0.39, 0.29) is 5.91 Å². The van der Waals surface area contributed by atoms with Crippen molar-refractivity contribution in [2.24, 2.45) is 0 Å². The van der Waals surface area contributed by atoms with E-state index in [1.807, 2.05) is 0 Å². The molecule has 0 atom stereocenters. The number of benzene rings is 1. The zero-order chi connectivity index (χ0) is 14.6.